The first-order valence-corrected chi connectivity index (χ1v) is 6.94. The van der Waals surface area contributed by atoms with Crippen LogP contribution in [0.4, 0.5) is 0 Å². The SMILES string of the molecule is Cl.c1ccc(CN(Cc2ccccc2)C2CNC2)cc1. The van der Waals surface area contributed by atoms with Gasteiger partial charge in [-0.2, -0.15) is 0 Å². The largest absolute Gasteiger partial charge is 0.314 e. The molecule has 1 aliphatic rings. The highest BCUT2D eigenvalue weighted by atomic mass is 35.5. The Balaban J connectivity index is 0.00000147. The molecule has 0 radical (unpaired) electrons. The molecule has 0 saturated carbocycles. The number of nitrogens with one attached hydrogen (secondary N) is 1. The van der Waals surface area contributed by atoms with Crippen molar-refractivity contribution in [3.63, 3.8) is 0 Å². The Kier molecular flexibility index (Phi) is 5.60. The van der Waals surface area contributed by atoms with Crippen LogP contribution in [-0.4, -0.2) is 24.0 Å². The third-order valence-corrected chi connectivity index (χ3v) is 3.73. The monoisotopic (exact) mass is 288 g/mol. The van der Waals surface area contributed by atoms with Crippen LogP contribution < -0.4 is 5.32 Å². The molecular formula is C17H21ClN2. The molecule has 106 valence electrons. The summed E-state index contributed by atoms with van der Waals surface area (Å²) < 4.78 is 0. The maximum atomic E-state index is 3.37. The third kappa shape index (κ3) is 3.83. The summed E-state index contributed by atoms with van der Waals surface area (Å²) in [6.45, 7) is 4.28. The minimum atomic E-state index is 0. The van der Waals surface area contributed by atoms with Gasteiger partial charge >= 0.3 is 0 Å². The maximum absolute atomic E-state index is 3.37. The van der Waals surface area contributed by atoms with E-state index in [-0.39, 0.29) is 12.4 Å². The second-order valence-electron chi connectivity index (χ2n) is 5.19. The number of hydrogen-bond acceptors (Lipinski definition) is 2. The highest BCUT2D eigenvalue weighted by molar-refractivity contribution is 5.85. The first-order chi connectivity index (χ1) is 9.42. The first-order valence-electron chi connectivity index (χ1n) is 6.94. The van der Waals surface area contributed by atoms with Gasteiger partial charge in [-0.05, 0) is 11.1 Å². The maximum Gasteiger partial charge on any atom is 0.0352 e. The number of benzene rings is 2. The molecule has 2 aromatic carbocycles. The molecular weight excluding hydrogens is 268 g/mol. The minimum Gasteiger partial charge on any atom is -0.314 e. The van der Waals surface area contributed by atoms with Crippen molar-refractivity contribution in [2.45, 2.75) is 19.1 Å². The molecule has 1 fully saturated rings. The Labute approximate surface area is 127 Å². The normalized spacial score (nSPS) is 14.7. The third-order valence-electron chi connectivity index (χ3n) is 3.73. The average molecular weight is 289 g/mol. The van der Waals surface area contributed by atoms with Gasteiger partial charge in [-0.15, -0.1) is 12.4 Å². The van der Waals surface area contributed by atoms with Crippen LogP contribution in [0.15, 0.2) is 60.7 Å². The summed E-state index contributed by atoms with van der Waals surface area (Å²) in [6.07, 6.45) is 0. The zero-order chi connectivity index (χ0) is 12.9. The lowest BCUT2D eigenvalue weighted by Crippen LogP contribution is -2.56. The van der Waals surface area contributed by atoms with Crippen LogP contribution in [0.5, 0.6) is 0 Å². The van der Waals surface area contributed by atoms with E-state index in [4.69, 9.17) is 0 Å². The molecule has 1 aliphatic heterocycles. The van der Waals surface area contributed by atoms with Gasteiger partial charge in [0.05, 0.1) is 0 Å². The first kappa shape index (κ1) is 15.0. The molecule has 1 heterocycles. The second kappa shape index (κ2) is 7.44. The zero-order valence-electron chi connectivity index (χ0n) is 11.5. The van der Waals surface area contributed by atoms with E-state index < -0.39 is 0 Å². The number of nitrogens with zero attached hydrogens (tertiary/aromatic N) is 1. The summed E-state index contributed by atoms with van der Waals surface area (Å²) in [5, 5.41) is 3.37. The van der Waals surface area contributed by atoms with Crippen molar-refractivity contribution in [2.24, 2.45) is 0 Å². The van der Waals surface area contributed by atoms with Gasteiger partial charge in [0.25, 0.3) is 0 Å². The highest BCUT2D eigenvalue weighted by Gasteiger charge is 2.24. The van der Waals surface area contributed by atoms with Crippen LogP contribution in [-0.2, 0) is 13.1 Å². The minimum absolute atomic E-state index is 0. The molecule has 3 heteroatoms. The molecule has 1 saturated heterocycles. The summed E-state index contributed by atoms with van der Waals surface area (Å²) in [4.78, 5) is 2.57. The predicted octanol–water partition coefficient (Wildman–Crippen LogP) is 3.08. The van der Waals surface area contributed by atoms with E-state index in [1.54, 1.807) is 0 Å². The van der Waals surface area contributed by atoms with Crippen LogP contribution >= 0.6 is 12.4 Å². The Morgan fingerprint density at radius 3 is 1.60 bits per heavy atom. The number of halogens is 1. The highest BCUT2D eigenvalue weighted by Crippen LogP contribution is 2.15. The Hall–Kier alpha value is -1.35. The summed E-state index contributed by atoms with van der Waals surface area (Å²) in [6, 6.07) is 22.2. The lowest BCUT2D eigenvalue weighted by atomic mass is 10.1. The number of rotatable bonds is 5. The lowest BCUT2D eigenvalue weighted by molar-refractivity contribution is 0.129. The molecule has 0 aromatic heterocycles. The van der Waals surface area contributed by atoms with E-state index >= 15 is 0 Å². The lowest BCUT2D eigenvalue weighted by Gasteiger charge is -2.38. The van der Waals surface area contributed by atoms with Crippen molar-refractivity contribution in [2.75, 3.05) is 13.1 Å². The quantitative estimate of drug-likeness (QED) is 0.910. The average Bonchev–Trinajstić information content (AvgIpc) is 2.39. The van der Waals surface area contributed by atoms with Crippen molar-refractivity contribution in [3.05, 3.63) is 71.8 Å². The molecule has 1 N–H and O–H groups in total. The van der Waals surface area contributed by atoms with Gasteiger partial charge in [-0.3, -0.25) is 4.90 Å². The van der Waals surface area contributed by atoms with Gasteiger partial charge in [-0.25, -0.2) is 0 Å². The molecule has 2 aromatic rings. The fourth-order valence-electron chi connectivity index (χ4n) is 2.48. The van der Waals surface area contributed by atoms with E-state index in [0.29, 0.717) is 6.04 Å². The van der Waals surface area contributed by atoms with Gasteiger partial charge in [-0.1, -0.05) is 60.7 Å². The smallest absolute Gasteiger partial charge is 0.0352 e. The molecule has 0 spiro atoms. The van der Waals surface area contributed by atoms with Gasteiger partial charge in [0, 0.05) is 32.2 Å². The standard InChI is InChI=1S/C17H20N2.ClH/c1-3-7-15(8-4-1)13-19(17-11-18-12-17)14-16-9-5-2-6-10-16;/h1-10,17-18H,11-14H2;1H. The van der Waals surface area contributed by atoms with E-state index in [9.17, 15) is 0 Å². The van der Waals surface area contributed by atoms with E-state index in [0.717, 1.165) is 26.2 Å². The summed E-state index contributed by atoms with van der Waals surface area (Å²) in [5.74, 6) is 0. The molecule has 0 unspecified atom stereocenters. The van der Waals surface area contributed by atoms with Crippen molar-refractivity contribution in [3.8, 4) is 0 Å². The van der Waals surface area contributed by atoms with Crippen LogP contribution in [0.25, 0.3) is 0 Å². The molecule has 3 rings (SSSR count). The second-order valence-corrected chi connectivity index (χ2v) is 5.19. The van der Waals surface area contributed by atoms with Crippen LogP contribution in [0.3, 0.4) is 0 Å². The predicted molar refractivity (Wildman–Crippen MR) is 86.0 cm³/mol. The van der Waals surface area contributed by atoms with Crippen molar-refractivity contribution >= 4 is 12.4 Å². The molecule has 20 heavy (non-hydrogen) atoms. The zero-order valence-corrected chi connectivity index (χ0v) is 12.4. The van der Waals surface area contributed by atoms with Crippen molar-refractivity contribution < 1.29 is 0 Å². The molecule has 0 aliphatic carbocycles. The van der Waals surface area contributed by atoms with Gasteiger partial charge in [0.2, 0.25) is 0 Å². The summed E-state index contributed by atoms with van der Waals surface area (Å²) in [7, 11) is 0. The van der Waals surface area contributed by atoms with Crippen molar-refractivity contribution in [1.29, 1.82) is 0 Å². The van der Waals surface area contributed by atoms with Gasteiger partial charge in [0.1, 0.15) is 0 Å². The van der Waals surface area contributed by atoms with Crippen LogP contribution in [0, 0.1) is 0 Å². The summed E-state index contributed by atoms with van der Waals surface area (Å²) in [5.41, 5.74) is 2.79. The molecule has 0 atom stereocenters. The summed E-state index contributed by atoms with van der Waals surface area (Å²) >= 11 is 0. The molecule has 2 nitrogen and oxygen atoms in total. The van der Waals surface area contributed by atoms with Crippen molar-refractivity contribution in [1.82, 2.24) is 10.2 Å². The molecule has 0 bridgehead atoms. The van der Waals surface area contributed by atoms with E-state index in [1.807, 2.05) is 0 Å². The Morgan fingerprint density at radius 2 is 1.25 bits per heavy atom. The van der Waals surface area contributed by atoms with Gasteiger partial charge < -0.3 is 5.32 Å². The Morgan fingerprint density at radius 1 is 0.800 bits per heavy atom. The fourth-order valence-corrected chi connectivity index (χ4v) is 2.48. The van der Waals surface area contributed by atoms with E-state index in [1.165, 1.54) is 11.1 Å². The van der Waals surface area contributed by atoms with Gasteiger partial charge in [0.15, 0.2) is 0 Å². The number of hydrogen-bond donors (Lipinski definition) is 1. The topological polar surface area (TPSA) is 15.3 Å². The molecule has 0 amide bonds. The fraction of sp³-hybridized carbons (Fsp3) is 0.294. The Bertz CT molecular complexity index is 455. The van der Waals surface area contributed by atoms with Crippen LogP contribution in [0.1, 0.15) is 11.1 Å². The van der Waals surface area contributed by atoms with E-state index in [2.05, 4.69) is 70.9 Å². The van der Waals surface area contributed by atoms with Crippen LogP contribution in [0.2, 0.25) is 0 Å².